The van der Waals surface area contributed by atoms with E-state index in [1.807, 2.05) is 52.0 Å². The molecule has 0 radical (unpaired) electrons. The number of nitrogen functional groups attached to an aromatic ring is 1. The number of likely N-dealkylation sites (tertiary alicyclic amines) is 1. The molecule has 1 aliphatic heterocycles. The number of hydrogen-bond acceptors (Lipinski definition) is 6. The van der Waals surface area contributed by atoms with Crippen molar-refractivity contribution in [2.75, 3.05) is 17.7 Å². The zero-order valence-electron chi connectivity index (χ0n) is 22.8. The number of amides is 3. The lowest BCUT2D eigenvalue weighted by molar-refractivity contribution is -0.164. The number of nitrogens with two attached hydrogens (primary N) is 1. The minimum atomic E-state index is -1.14. The summed E-state index contributed by atoms with van der Waals surface area (Å²) in [4.78, 5) is 34.3. The number of rotatable bonds is 7. The highest BCUT2D eigenvalue weighted by atomic mass is 16.3. The molecule has 0 aliphatic carbocycles. The summed E-state index contributed by atoms with van der Waals surface area (Å²) in [7, 11) is 3.42. The number of nitrogens with one attached hydrogen (secondary N) is 1. The van der Waals surface area contributed by atoms with Gasteiger partial charge in [0.1, 0.15) is 18.1 Å². The quantitative estimate of drug-likeness (QED) is 0.440. The van der Waals surface area contributed by atoms with Crippen molar-refractivity contribution in [1.82, 2.24) is 25.0 Å². The van der Waals surface area contributed by atoms with Gasteiger partial charge in [-0.15, -0.1) is 0 Å². The van der Waals surface area contributed by atoms with Crippen LogP contribution in [0.1, 0.15) is 47.3 Å². The molecule has 0 spiro atoms. The van der Waals surface area contributed by atoms with Gasteiger partial charge in [-0.25, -0.2) is 9.78 Å². The number of likely N-dealkylation sites (N-methyl/N-ethyl adjacent to an activating group) is 1. The third-order valence-electron chi connectivity index (χ3n) is 7.50. The third kappa shape index (κ3) is 5.22. The molecule has 1 saturated heterocycles. The lowest BCUT2D eigenvalue weighted by Gasteiger charge is -2.52. The second kappa shape index (κ2) is 10.8. The minimum absolute atomic E-state index is 0.261. The summed E-state index contributed by atoms with van der Waals surface area (Å²) in [5, 5.41) is 18.4. The summed E-state index contributed by atoms with van der Waals surface area (Å²) in [5.74, 6) is -0.450. The van der Waals surface area contributed by atoms with Gasteiger partial charge in [0.2, 0.25) is 5.91 Å². The Bertz CT molecular complexity index is 1320. The Labute approximate surface area is 223 Å². The minimum Gasteiger partial charge on any atom is -0.384 e. The number of aliphatic hydroxyl groups is 1. The lowest BCUT2D eigenvalue weighted by atomic mass is 9.80. The number of nitrogens with zero attached hydrogens (tertiary/aromatic N) is 5. The maximum Gasteiger partial charge on any atom is 0.320 e. The third-order valence-corrected chi connectivity index (χ3v) is 7.50. The first kappa shape index (κ1) is 27.1. The van der Waals surface area contributed by atoms with Crippen LogP contribution in [0, 0.1) is 26.7 Å². The van der Waals surface area contributed by atoms with Crippen molar-refractivity contribution in [2.24, 2.45) is 13.0 Å². The number of carbonyl (C=O) groups is 2. The van der Waals surface area contributed by atoms with Gasteiger partial charge >= 0.3 is 6.03 Å². The smallest absolute Gasteiger partial charge is 0.320 e. The summed E-state index contributed by atoms with van der Waals surface area (Å²) in [6.07, 6.45) is 3.20. The molecule has 1 aromatic carbocycles. The average Bonchev–Trinajstić information content (AvgIpc) is 3.30. The number of urea groups is 1. The highest BCUT2D eigenvalue weighted by Gasteiger charge is 2.55. The molecule has 4 N–H and O–H groups in total. The van der Waals surface area contributed by atoms with E-state index in [-0.39, 0.29) is 11.9 Å². The van der Waals surface area contributed by atoms with Gasteiger partial charge in [-0.2, -0.15) is 5.10 Å². The Kier molecular flexibility index (Phi) is 7.73. The van der Waals surface area contributed by atoms with Gasteiger partial charge in [0.25, 0.3) is 0 Å². The predicted octanol–water partition coefficient (Wildman–Crippen LogP) is 3.01. The first-order valence-electron chi connectivity index (χ1n) is 12.8. The molecule has 3 heterocycles. The van der Waals surface area contributed by atoms with Crippen molar-refractivity contribution in [2.45, 2.75) is 58.8 Å². The van der Waals surface area contributed by atoms with Crippen LogP contribution in [0.25, 0.3) is 0 Å². The Hall–Kier alpha value is -3.92. The van der Waals surface area contributed by atoms with E-state index in [1.54, 1.807) is 37.2 Å². The standard InChI is InChI=1S/C28H37N7O3/c1-7-23(21-10-8-9-16(2)18(21)4)32-28(38)35-25(27(37)34(6)20-14-30-33(5)15-20)22(26(35)36)12-19-11-17(3)31-24(29)13-19/h8-11,13-15,22-23,25-26,36H,7,12H2,1-6H3,(H2,29,31)(H,32,38)/t22-,23-,25+,26?/m1/s1. The summed E-state index contributed by atoms with van der Waals surface area (Å²) in [6, 6.07) is 8.01. The molecular weight excluding hydrogens is 482 g/mol. The highest BCUT2D eigenvalue weighted by Crippen LogP contribution is 2.37. The van der Waals surface area contributed by atoms with E-state index >= 15 is 0 Å². The normalized spacial score (nSPS) is 19.6. The van der Waals surface area contributed by atoms with Gasteiger partial charge in [0.05, 0.1) is 17.9 Å². The number of aryl methyl sites for hydroxylation is 3. The fraction of sp³-hybridized carbons (Fsp3) is 0.429. The molecule has 1 fully saturated rings. The molecule has 0 saturated carbocycles. The number of hydrogen-bond donors (Lipinski definition) is 3. The molecule has 0 bridgehead atoms. The van der Waals surface area contributed by atoms with Gasteiger partial charge in [-0.3, -0.25) is 14.4 Å². The second-order valence-corrected chi connectivity index (χ2v) is 10.1. The van der Waals surface area contributed by atoms with Crippen LogP contribution < -0.4 is 16.0 Å². The maximum atomic E-state index is 13.8. The van der Waals surface area contributed by atoms with Gasteiger partial charge in [-0.1, -0.05) is 25.1 Å². The number of benzene rings is 1. The molecule has 3 aromatic rings. The van der Waals surface area contributed by atoms with E-state index in [9.17, 15) is 14.7 Å². The van der Waals surface area contributed by atoms with Crippen LogP contribution >= 0.6 is 0 Å². The van der Waals surface area contributed by atoms with Crippen LogP contribution in [0.3, 0.4) is 0 Å². The van der Waals surface area contributed by atoms with Crippen molar-refractivity contribution in [3.8, 4) is 0 Å². The van der Waals surface area contributed by atoms with Crippen LogP contribution in [0.15, 0.2) is 42.7 Å². The number of carbonyl (C=O) groups excluding carboxylic acids is 2. The zero-order chi connectivity index (χ0) is 27.7. The Morgan fingerprint density at radius 2 is 1.97 bits per heavy atom. The van der Waals surface area contributed by atoms with E-state index in [0.29, 0.717) is 24.3 Å². The number of anilines is 2. The van der Waals surface area contributed by atoms with Gasteiger partial charge in [-0.05, 0) is 68.0 Å². The Morgan fingerprint density at radius 1 is 1.24 bits per heavy atom. The summed E-state index contributed by atoms with van der Waals surface area (Å²) < 4.78 is 1.61. The van der Waals surface area contributed by atoms with Crippen molar-refractivity contribution in [3.05, 3.63) is 70.7 Å². The zero-order valence-corrected chi connectivity index (χ0v) is 22.8. The summed E-state index contributed by atoms with van der Waals surface area (Å²) in [6.45, 7) is 7.91. The summed E-state index contributed by atoms with van der Waals surface area (Å²) >= 11 is 0. The van der Waals surface area contributed by atoms with Crippen molar-refractivity contribution in [3.63, 3.8) is 0 Å². The van der Waals surface area contributed by atoms with Crippen molar-refractivity contribution >= 4 is 23.4 Å². The number of aromatic nitrogens is 3. The Morgan fingerprint density at radius 3 is 2.61 bits per heavy atom. The molecule has 1 unspecified atom stereocenters. The van der Waals surface area contributed by atoms with E-state index in [2.05, 4.69) is 15.4 Å². The fourth-order valence-corrected chi connectivity index (χ4v) is 5.24. The second-order valence-electron chi connectivity index (χ2n) is 10.1. The maximum absolute atomic E-state index is 13.8. The molecule has 3 amide bonds. The van der Waals surface area contributed by atoms with Crippen LogP contribution in [-0.2, 0) is 18.3 Å². The molecular formula is C28H37N7O3. The van der Waals surface area contributed by atoms with Crippen LogP contribution in [0.4, 0.5) is 16.3 Å². The van der Waals surface area contributed by atoms with Crippen LogP contribution in [-0.4, -0.2) is 56.0 Å². The van der Waals surface area contributed by atoms with E-state index in [4.69, 9.17) is 5.73 Å². The topological polar surface area (TPSA) is 130 Å². The molecule has 38 heavy (non-hydrogen) atoms. The van der Waals surface area contributed by atoms with Crippen molar-refractivity contribution < 1.29 is 14.7 Å². The summed E-state index contributed by atoms with van der Waals surface area (Å²) in [5.41, 5.74) is 11.4. The molecule has 4 rings (SSSR count). The lowest BCUT2D eigenvalue weighted by Crippen LogP contribution is -2.72. The fourth-order valence-electron chi connectivity index (χ4n) is 5.24. The first-order chi connectivity index (χ1) is 18.0. The largest absolute Gasteiger partial charge is 0.384 e. The van der Waals surface area contributed by atoms with Gasteiger partial charge < -0.3 is 21.1 Å². The van der Waals surface area contributed by atoms with Gasteiger partial charge in [0, 0.05) is 31.9 Å². The number of pyridine rings is 1. The molecule has 4 atom stereocenters. The molecule has 10 nitrogen and oxygen atoms in total. The van der Waals surface area contributed by atoms with Crippen LogP contribution in [0.2, 0.25) is 0 Å². The van der Waals surface area contributed by atoms with E-state index in [0.717, 1.165) is 27.9 Å². The molecule has 1 aliphatic rings. The molecule has 10 heteroatoms. The van der Waals surface area contributed by atoms with Gasteiger partial charge in [0.15, 0.2) is 0 Å². The Balaban J connectivity index is 1.62. The number of aliphatic hydroxyl groups excluding tert-OH is 1. The molecule has 202 valence electrons. The average molecular weight is 520 g/mol. The predicted molar refractivity (Wildman–Crippen MR) is 146 cm³/mol. The molecule has 2 aromatic heterocycles. The first-order valence-corrected chi connectivity index (χ1v) is 12.8. The SMILES string of the molecule is CC[C@@H](NC(=O)N1C(O)[C@H](Cc2cc(C)nc(N)c2)[C@H]1C(=O)N(C)c1cnn(C)c1)c1cccc(C)c1C. The highest BCUT2D eigenvalue weighted by molar-refractivity contribution is 6.00. The van der Waals surface area contributed by atoms with E-state index < -0.39 is 24.2 Å². The monoisotopic (exact) mass is 519 g/mol. The van der Waals surface area contributed by atoms with E-state index in [1.165, 1.54) is 9.80 Å². The van der Waals surface area contributed by atoms with Crippen molar-refractivity contribution in [1.29, 1.82) is 0 Å². The van der Waals surface area contributed by atoms with Crippen LogP contribution in [0.5, 0.6) is 0 Å².